The summed E-state index contributed by atoms with van der Waals surface area (Å²) in [6, 6.07) is 11.9. The predicted octanol–water partition coefficient (Wildman–Crippen LogP) is 4.73. The Hall–Kier alpha value is -3.17. The van der Waals surface area contributed by atoms with E-state index in [-0.39, 0.29) is 9.92 Å². The van der Waals surface area contributed by atoms with Gasteiger partial charge in [-0.15, -0.1) is 0 Å². The van der Waals surface area contributed by atoms with Crippen LogP contribution >= 0.6 is 11.6 Å². The number of aromatic nitrogens is 3. The average molecular weight is 447 g/mol. The first-order chi connectivity index (χ1) is 14.2. The summed E-state index contributed by atoms with van der Waals surface area (Å²) in [6.45, 7) is 1.62. The summed E-state index contributed by atoms with van der Waals surface area (Å²) in [4.78, 5) is 11.1. The van der Waals surface area contributed by atoms with Crippen LogP contribution in [-0.4, -0.2) is 23.4 Å². The van der Waals surface area contributed by atoms with Gasteiger partial charge in [-0.25, -0.2) is 27.8 Å². The van der Waals surface area contributed by atoms with Crippen LogP contribution in [0.3, 0.4) is 0 Å². The second-order valence-corrected chi connectivity index (χ2v) is 8.46. The van der Waals surface area contributed by atoms with Gasteiger partial charge in [0.2, 0.25) is 0 Å². The minimum absolute atomic E-state index is 0.00793. The Balaban J connectivity index is 1.72. The molecule has 0 aliphatic carbocycles. The molecule has 1 N–H and O–H groups in total. The summed E-state index contributed by atoms with van der Waals surface area (Å²) in [5, 5.41) is 0.575. The largest absolute Gasteiger partial charge is 0.309 e. The molecular formula is C20H13ClF2N4O2S. The standard InChI is InChI=1S/C20H13ClF2N4O2S/c1-11-14(12-6-7-17-13(8-12)10-24-20(23)26-17)9-16(22)19(25-11)27-30(28,29)18-5-3-2-4-15(18)21/h2-10H,1H3,(H,25,27). The maximum atomic E-state index is 14.7. The van der Waals surface area contributed by atoms with Crippen LogP contribution in [0.5, 0.6) is 0 Å². The number of nitrogens with one attached hydrogen (secondary N) is 1. The lowest BCUT2D eigenvalue weighted by Crippen LogP contribution is -2.16. The number of sulfonamides is 1. The summed E-state index contributed by atoms with van der Waals surface area (Å²) < 4.78 is 55.2. The molecule has 0 fully saturated rings. The summed E-state index contributed by atoms with van der Waals surface area (Å²) in [5.41, 5.74) is 1.83. The normalized spacial score (nSPS) is 11.6. The Morgan fingerprint density at radius 1 is 1.03 bits per heavy atom. The number of fused-ring (bicyclic) bond motifs is 1. The van der Waals surface area contributed by atoms with Crippen molar-refractivity contribution in [3.05, 3.63) is 77.3 Å². The third-order valence-corrected chi connectivity index (χ3v) is 6.22. The van der Waals surface area contributed by atoms with Gasteiger partial charge in [-0.3, -0.25) is 4.72 Å². The molecule has 30 heavy (non-hydrogen) atoms. The van der Waals surface area contributed by atoms with Crippen LogP contribution in [-0.2, 0) is 10.0 Å². The topological polar surface area (TPSA) is 84.8 Å². The zero-order chi connectivity index (χ0) is 21.5. The predicted molar refractivity (Wildman–Crippen MR) is 110 cm³/mol. The summed E-state index contributed by atoms with van der Waals surface area (Å²) in [5.74, 6) is -1.30. The average Bonchev–Trinajstić information content (AvgIpc) is 2.70. The summed E-state index contributed by atoms with van der Waals surface area (Å²) >= 11 is 5.94. The number of rotatable bonds is 4. The molecule has 0 atom stereocenters. The summed E-state index contributed by atoms with van der Waals surface area (Å²) in [7, 11) is -4.13. The third-order valence-electron chi connectivity index (χ3n) is 4.39. The Labute approximate surface area is 175 Å². The van der Waals surface area contributed by atoms with Crippen LogP contribution in [0.25, 0.3) is 22.0 Å². The van der Waals surface area contributed by atoms with Crippen LogP contribution in [0, 0.1) is 18.8 Å². The van der Waals surface area contributed by atoms with Gasteiger partial charge in [0.25, 0.3) is 10.0 Å². The summed E-state index contributed by atoms with van der Waals surface area (Å²) in [6.07, 6.45) is 0.487. The molecule has 6 nitrogen and oxygen atoms in total. The van der Waals surface area contributed by atoms with Crippen molar-refractivity contribution in [1.82, 2.24) is 15.0 Å². The molecule has 2 aromatic carbocycles. The lowest BCUT2D eigenvalue weighted by molar-refractivity contribution is 0.544. The molecule has 2 aromatic heterocycles. The molecule has 0 aliphatic rings. The number of pyridine rings is 1. The Bertz CT molecular complexity index is 1400. The number of hydrogen-bond donors (Lipinski definition) is 1. The SMILES string of the molecule is Cc1nc(NS(=O)(=O)c2ccccc2Cl)c(F)cc1-c1ccc2nc(F)ncc2c1. The fraction of sp³-hybridized carbons (Fsp3) is 0.0500. The van der Waals surface area contributed by atoms with Crippen molar-refractivity contribution in [2.75, 3.05) is 4.72 Å². The van der Waals surface area contributed by atoms with E-state index in [1.807, 2.05) is 0 Å². The zero-order valence-corrected chi connectivity index (χ0v) is 17.0. The second kappa shape index (κ2) is 7.58. The van der Waals surface area contributed by atoms with Crippen LogP contribution in [0.2, 0.25) is 5.02 Å². The van der Waals surface area contributed by atoms with Crippen molar-refractivity contribution in [2.45, 2.75) is 11.8 Å². The van der Waals surface area contributed by atoms with Crippen LogP contribution in [0.4, 0.5) is 14.6 Å². The number of benzene rings is 2. The van der Waals surface area contributed by atoms with Gasteiger partial charge in [0, 0.05) is 22.8 Å². The van der Waals surface area contributed by atoms with Crippen LogP contribution in [0.15, 0.2) is 59.6 Å². The lowest BCUT2D eigenvalue weighted by Gasteiger charge is -2.13. The van der Waals surface area contributed by atoms with E-state index in [0.29, 0.717) is 27.7 Å². The molecule has 0 saturated heterocycles. The van der Waals surface area contributed by atoms with Gasteiger partial charge in [0.15, 0.2) is 11.6 Å². The van der Waals surface area contributed by atoms with Gasteiger partial charge in [-0.1, -0.05) is 29.8 Å². The molecule has 0 aliphatic heterocycles. The molecule has 0 spiro atoms. The zero-order valence-electron chi connectivity index (χ0n) is 15.4. The Kier molecular flexibility index (Phi) is 5.08. The second-order valence-electron chi connectivity index (χ2n) is 6.40. The van der Waals surface area contributed by atoms with Crippen LogP contribution in [0.1, 0.15) is 5.69 Å². The molecular weight excluding hydrogens is 434 g/mol. The van der Waals surface area contributed by atoms with Crippen molar-refractivity contribution in [2.24, 2.45) is 0 Å². The molecule has 10 heteroatoms. The highest BCUT2D eigenvalue weighted by molar-refractivity contribution is 7.92. The highest BCUT2D eigenvalue weighted by Crippen LogP contribution is 2.30. The fourth-order valence-corrected chi connectivity index (χ4v) is 4.50. The van der Waals surface area contributed by atoms with Crippen LogP contribution < -0.4 is 4.72 Å². The number of halogens is 3. The first-order valence-corrected chi connectivity index (χ1v) is 10.5. The third kappa shape index (κ3) is 3.81. The van der Waals surface area contributed by atoms with E-state index in [4.69, 9.17) is 11.6 Å². The van der Waals surface area contributed by atoms with Crippen molar-refractivity contribution >= 4 is 38.3 Å². The van der Waals surface area contributed by atoms with E-state index >= 15 is 0 Å². The minimum Gasteiger partial charge on any atom is -0.261 e. The van der Waals surface area contributed by atoms with Crippen molar-refractivity contribution in [1.29, 1.82) is 0 Å². The van der Waals surface area contributed by atoms with Gasteiger partial charge in [0.05, 0.1) is 10.5 Å². The van der Waals surface area contributed by atoms with E-state index in [9.17, 15) is 17.2 Å². The number of nitrogens with zero attached hydrogens (tertiary/aromatic N) is 3. The van der Waals surface area contributed by atoms with Gasteiger partial charge < -0.3 is 0 Å². The van der Waals surface area contributed by atoms with E-state index in [0.717, 1.165) is 0 Å². The van der Waals surface area contributed by atoms with E-state index < -0.39 is 27.7 Å². The van der Waals surface area contributed by atoms with E-state index in [1.54, 1.807) is 31.2 Å². The molecule has 2 heterocycles. The molecule has 4 rings (SSSR count). The van der Waals surface area contributed by atoms with Gasteiger partial charge in [-0.2, -0.15) is 4.39 Å². The minimum atomic E-state index is -4.13. The maximum absolute atomic E-state index is 14.7. The first kappa shape index (κ1) is 20.1. The Morgan fingerprint density at radius 2 is 1.80 bits per heavy atom. The van der Waals surface area contributed by atoms with Gasteiger partial charge in [-0.05, 0) is 42.8 Å². The highest BCUT2D eigenvalue weighted by atomic mass is 35.5. The molecule has 0 amide bonds. The molecule has 4 aromatic rings. The molecule has 0 unspecified atom stereocenters. The van der Waals surface area contributed by atoms with Crippen molar-refractivity contribution < 1.29 is 17.2 Å². The Morgan fingerprint density at radius 3 is 2.57 bits per heavy atom. The molecule has 0 radical (unpaired) electrons. The first-order valence-electron chi connectivity index (χ1n) is 8.62. The highest BCUT2D eigenvalue weighted by Gasteiger charge is 2.21. The van der Waals surface area contributed by atoms with Crippen molar-refractivity contribution in [3.8, 4) is 11.1 Å². The maximum Gasteiger partial charge on any atom is 0.309 e. The quantitative estimate of drug-likeness (QED) is 0.458. The number of aryl methyl sites for hydroxylation is 1. The van der Waals surface area contributed by atoms with Crippen molar-refractivity contribution in [3.63, 3.8) is 0 Å². The molecule has 0 bridgehead atoms. The molecule has 152 valence electrons. The lowest BCUT2D eigenvalue weighted by atomic mass is 10.0. The fourth-order valence-electron chi connectivity index (χ4n) is 2.97. The molecule has 0 saturated carbocycles. The van der Waals surface area contributed by atoms with Gasteiger partial charge >= 0.3 is 6.08 Å². The van der Waals surface area contributed by atoms with Gasteiger partial charge in [0.1, 0.15) is 4.90 Å². The monoisotopic (exact) mass is 446 g/mol. The van der Waals surface area contributed by atoms with E-state index in [1.165, 1.54) is 30.5 Å². The number of hydrogen-bond acceptors (Lipinski definition) is 5. The van der Waals surface area contributed by atoms with E-state index in [2.05, 4.69) is 19.7 Å². The smallest absolute Gasteiger partial charge is 0.261 e. The number of anilines is 1.